The molecular weight excluding hydrogens is 186 g/mol. The van der Waals surface area contributed by atoms with Gasteiger partial charge >= 0.3 is 0 Å². The molecule has 0 atom stereocenters. The van der Waals surface area contributed by atoms with E-state index in [1.54, 1.807) is 18.5 Å². The van der Waals surface area contributed by atoms with Crippen LogP contribution in [0.1, 0.15) is 11.1 Å². The lowest BCUT2D eigenvalue weighted by Crippen LogP contribution is -1.78. The smallest absolute Gasteiger partial charge is 0.0529 e. The van der Waals surface area contributed by atoms with Gasteiger partial charge < -0.3 is 0 Å². The molecule has 0 fully saturated rings. The molecule has 0 saturated heterocycles. The van der Waals surface area contributed by atoms with Crippen LogP contribution in [0.4, 0.5) is 0 Å². The average molecular weight is 197 g/mol. The Labute approximate surface area is 88.5 Å². The minimum absolute atomic E-state index is 1.12. The Bertz CT molecular complexity index is 411. The summed E-state index contributed by atoms with van der Waals surface area (Å²) in [5.41, 5.74) is 2.84. The van der Waals surface area contributed by atoms with E-state index in [1.165, 1.54) is 11.1 Å². The van der Waals surface area contributed by atoms with Crippen molar-refractivity contribution in [3.05, 3.63) is 59.9 Å². The van der Waals surface area contributed by atoms with Crippen molar-refractivity contribution in [3.63, 3.8) is 0 Å². The van der Waals surface area contributed by atoms with Crippen molar-refractivity contribution >= 4 is 6.08 Å². The first-order valence-corrected chi connectivity index (χ1v) is 4.79. The summed E-state index contributed by atoms with van der Waals surface area (Å²) in [6.45, 7) is 0. The fourth-order valence-electron chi connectivity index (χ4n) is 1.40. The molecule has 1 heterocycles. The molecule has 3 rings (SSSR count). The van der Waals surface area contributed by atoms with E-state index in [4.69, 9.17) is 0 Å². The van der Waals surface area contributed by atoms with E-state index < -0.39 is 0 Å². The van der Waals surface area contributed by atoms with Crippen molar-refractivity contribution in [1.29, 1.82) is 0 Å². The Morgan fingerprint density at radius 1 is 0.933 bits per heavy atom. The molecule has 0 spiro atoms. The molecule has 15 heavy (non-hydrogen) atoms. The number of nitrogens with zero attached hydrogens (tertiary/aromatic N) is 3. The zero-order chi connectivity index (χ0) is 10.3. The molecule has 2 aromatic rings. The van der Waals surface area contributed by atoms with Crippen LogP contribution < -0.4 is 0 Å². The zero-order valence-corrected chi connectivity index (χ0v) is 8.24. The van der Waals surface area contributed by atoms with E-state index in [0.29, 0.717) is 0 Å². The predicted molar refractivity (Wildman–Crippen MR) is 59.0 cm³/mol. The third kappa shape index (κ3) is 2.71. The molecule has 3 nitrogen and oxygen atoms in total. The van der Waals surface area contributed by atoms with Crippen LogP contribution in [-0.4, -0.2) is 15.4 Å². The van der Waals surface area contributed by atoms with Crippen molar-refractivity contribution < 1.29 is 0 Å². The molecule has 0 N–H and O–H groups in total. The lowest BCUT2D eigenvalue weighted by molar-refractivity contribution is 0.865. The summed E-state index contributed by atoms with van der Waals surface area (Å²) >= 11 is 0. The van der Waals surface area contributed by atoms with Gasteiger partial charge in [0.2, 0.25) is 0 Å². The molecule has 0 radical (unpaired) electrons. The van der Waals surface area contributed by atoms with Crippen LogP contribution in [0.25, 0.3) is 6.08 Å². The van der Waals surface area contributed by atoms with Gasteiger partial charge in [0.1, 0.15) is 0 Å². The highest BCUT2D eigenvalue weighted by molar-refractivity contribution is 5.59. The SMILES string of the molecule is C1=Cc2ccccc2C1.c1cnnnc1. The summed E-state index contributed by atoms with van der Waals surface area (Å²) in [5.74, 6) is 0. The lowest BCUT2D eigenvalue weighted by Gasteiger charge is -1.93. The van der Waals surface area contributed by atoms with Crippen LogP contribution in [-0.2, 0) is 6.42 Å². The van der Waals surface area contributed by atoms with E-state index in [9.17, 15) is 0 Å². The van der Waals surface area contributed by atoms with Crippen molar-refractivity contribution in [2.75, 3.05) is 0 Å². The molecule has 74 valence electrons. The van der Waals surface area contributed by atoms with E-state index >= 15 is 0 Å². The highest BCUT2D eigenvalue weighted by atomic mass is 15.3. The number of rotatable bonds is 0. The van der Waals surface area contributed by atoms with Crippen molar-refractivity contribution in [3.8, 4) is 0 Å². The van der Waals surface area contributed by atoms with E-state index in [-0.39, 0.29) is 0 Å². The van der Waals surface area contributed by atoms with Crippen molar-refractivity contribution in [2.45, 2.75) is 6.42 Å². The van der Waals surface area contributed by atoms with Crippen LogP contribution in [0.5, 0.6) is 0 Å². The second-order valence-corrected chi connectivity index (χ2v) is 3.12. The Hall–Kier alpha value is -2.03. The second kappa shape index (κ2) is 5.00. The summed E-state index contributed by atoms with van der Waals surface area (Å²) in [4.78, 5) is 0. The highest BCUT2D eigenvalue weighted by Crippen LogP contribution is 2.17. The fraction of sp³-hybridized carbons (Fsp3) is 0.0833. The molecule has 1 aromatic heterocycles. The fourth-order valence-corrected chi connectivity index (χ4v) is 1.40. The van der Waals surface area contributed by atoms with Gasteiger partial charge in [-0.2, -0.15) is 0 Å². The van der Waals surface area contributed by atoms with E-state index in [1.807, 2.05) is 0 Å². The lowest BCUT2D eigenvalue weighted by atomic mass is 10.1. The number of hydrogen-bond acceptors (Lipinski definition) is 3. The van der Waals surface area contributed by atoms with Gasteiger partial charge in [0.15, 0.2) is 0 Å². The van der Waals surface area contributed by atoms with Gasteiger partial charge in [0.05, 0.1) is 12.4 Å². The maximum atomic E-state index is 3.42. The summed E-state index contributed by atoms with van der Waals surface area (Å²) in [6.07, 6.45) is 8.65. The molecule has 0 amide bonds. The third-order valence-electron chi connectivity index (χ3n) is 2.10. The number of fused-ring (bicyclic) bond motifs is 1. The van der Waals surface area contributed by atoms with E-state index in [0.717, 1.165) is 6.42 Å². The van der Waals surface area contributed by atoms with Gasteiger partial charge in [0.25, 0.3) is 0 Å². The molecule has 0 aliphatic heterocycles. The van der Waals surface area contributed by atoms with Gasteiger partial charge in [-0.25, -0.2) is 0 Å². The summed E-state index contributed by atoms with van der Waals surface area (Å²) in [6, 6.07) is 10.2. The Morgan fingerprint density at radius 3 is 2.33 bits per heavy atom. The predicted octanol–water partition coefficient (Wildman–Crippen LogP) is 2.13. The molecule has 0 bridgehead atoms. The van der Waals surface area contributed by atoms with Gasteiger partial charge in [-0.05, 0) is 28.8 Å². The maximum absolute atomic E-state index is 3.42. The molecule has 0 saturated carbocycles. The van der Waals surface area contributed by atoms with Crippen LogP contribution in [0, 0.1) is 0 Å². The first-order chi connectivity index (χ1) is 7.47. The quantitative estimate of drug-likeness (QED) is 0.649. The maximum Gasteiger partial charge on any atom is 0.0529 e. The monoisotopic (exact) mass is 197 g/mol. The number of hydrogen-bond donors (Lipinski definition) is 0. The van der Waals surface area contributed by atoms with Gasteiger partial charge in [-0.15, -0.1) is 10.2 Å². The van der Waals surface area contributed by atoms with Crippen molar-refractivity contribution in [2.24, 2.45) is 0 Å². The first-order valence-electron chi connectivity index (χ1n) is 4.79. The first kappa shape index (κ1) is 9.52. The topological polar surface area (TPSA) is 38.7 Å². The van der Waals surface area contributed by atoms with Crippen LogP contribution >= 0.6 is 0 Å². The molecule has 3 heteroatoms. The van der Waals surface area contributed by atoms with Gasteiger partial charge in [-0.3, -0.25) is 0 Å². The van der Waals surface area contributed by atoms with Crippen LogP contribution in [0.3, 0.4) is 0 Å². The number of aromatic nitrogens is 3. The van der Waals surface area contributed by atoms with Crippen LogP contribution in [0.15, 0.2) is 48.8 Å². The minimum Gasteiger partial charge on any atom is -0.139 e. The standard InChI is InChI=1S/C9H8.C3H3N3/c1-2-5-9-7-3-6-8(9)4-1;1-2-4-6-5-3-1/h1-6H,7H2;1-3H. The summed E-state index contributed by atoms with van der Waals surface area (Å²) in [5, 5.41) is 10.1. The number of benzene rings is 1. The van der Waals surface area contributed by atoms with E-state index in [2.05, 4.69) is 51.8 Å². The van der Waals surface area contributed by atoms with Gasteiger partial charge in [0, 0.05) is 0 Å². The normalized spacial score (nSPS) is 11.5. The number of allylic oxidation sites excluding steroid dienone is 1. The second-order valence-electron chi connectivity index (χ2n) is 3.12. The third-order valence-corrected chi connectivity index (χ3v) is 2.10. The minimum atomic E-state index is 1.12. The average Bonchev–Trinajstić information content (AvgIpc) is 2.80. The zero-order valence-electron chi connectivity index (χ0n) is 8.24. The Kier molecular flexibility index (Phi) is 3.18. The summed E-state index contributed by atoms with van der Waals surface area (Å²) < 4.78 is 0. The molecule has 0 unspecified atom stereocenters. The molecular formula is C12H11N3. The highest BCUT2D eigenvalue weighted by Gasteiger charge is 2.00. The Morgan fingerprint density at radius 2 is 1.73 bits per heavy atom. The van der Waals surface area contributed by atoms with Gasteiger partial charge in [-0.1, -0.05) is 36.4 Å². The molecule has 1 aromatic carbocycles. The molecule has 1 aliphatic carbocycles. The largest absolute Gasteiger partial charge is 0.139 e. The molecule has 1 aliphatic rings. The van der Waals surface area contributed by atoms with Crippen LogP contribution in [0.2, 0.25) is 0 Å². The summed E-state index contributed by atoms with van der Waals surface area (Å²) in [7, 11) is 0. The Balaban J connectivity index is 0.000000124. The van der Waals surface area contributed by atoms with Crippen molar-refractivity contribution in [1.82, 2.24) is 15.4 Å².